The number of rotatable bonds is 3. The van der Waals surface area contributed by atoms with Gasteiger partial charge < -0.3 is 11.1 Å². The first kappa shape index (κ1) is 9.73. The molecule has 0 radical (unpaired) electrons. The van der Waals surface area contributed by atoms with Gasteiger partial charge in [0, 0.05) is 25.8 Å². The highest BCUT2D eigenvalue weighted by Crippen LogP contribution is 1.96. The zero-order chi connectivity index (χ0) is 9.84. The predicted molar refractivity (Wildman–Crippen MR) is 49.2 cm³/mol. The van der Waals surface area contributed by atoms with Crippen molar-refractivity contribution in [2.24, 2.45) is 12.8 Å². The van der Waals surface area contributed by atoms with Crippen molar-refractivity contribution in [1.29, 1.82) is 0 Å². The molecule has 0 fully saturated rings. The number of aryl methyl sites for hydroxylation is 1. The topological polar surface area (TPSA) is 72.9 Å². The fourth-order valence-electron chi connectivity index (χ4n) is 0.953. The van der Waals surface area contributed by atoms with E-state index < -0.39 is 0 Å². The van der Waals surface area contributed by atoms with Gasteiger partial charge in [0.2, 0.25) is 0 Å². The second-order valence-corrected chi connectivity index (χ2v) is 2.95. The molecule has 5 heteroatoms. The summed E-state index contributed by atoms with van der Waals surface area (Å²) in [5.74, 6) is -0.141. The van der Waals surface area contributed by atoms with Crippen molar-refractivity contribution in [2.45, 2.75) is 13.0 Å². The molecular weight excluding hydrogens is 168 g/mol. The Morgan fingerprint density at radius 1 is 1.85 bits per heavy atom. The highest BCUT2D eigenvalue weighted by Gasteiger charge is 2.11. The molecule has 0 aromatic carbocycles. The van der Waals surface area contributed by atoms with E-state index in [2.05, 4.69) is 10.4 Å². The van der Waals surface area contributed by atoms with Crippen LogP contribution in [-0.4, -0.2) is 28.3 Å². The first-order chi connectivity index (χ1) is 6.15. The van der Waals surface area contributed by atoms with Gasteiger partial charge in [0.05, 0.1) is 0 Å². The Labute approximate surface area is 76.9 Å². The van der Waals surface area contributed by atoms with Crippen molar-refractivity contribution < 1.29 is 4.79 Å². The van der Waals surface area contributed by atoms with Gasteiger partial charge in [0.25, 0.3) is 5.91 Å². The van der Waals surface area contributed by atoms with E-state index in [0.29, 0.717) is 12.2 Å². The number of carbonyl (C=O) groups excluding carboxylic acids is 1. The van der Waals surface area contributed by atoms with Crippen molar-refractivity contribution in [3.63, 3.8) is 0 Å². The van der Waals surface area contributed by atoms with Gasteiger partial charge in [-0.2, -0.15) is 5.10 Å². The number of nitrogens with zero attached hydrogens (tertiary/aromatic N) is 2. The predicted octanol–water partition coefficient (Wildman–Crippen LogP) is -0.503. The van der Waals surface area contributed by atoms with Crippen LogP contribution >= 0.6 is 0 Å². The molecule has 1 heterocycles. The van der Waals surface area contributed by atoms with E-state index in [0.717, 1.165) is 0 Å². The summed E-state index contributed by atoms with van der Waals surface area (Å²) in [5, 5.41) is 6.64. The Hall–Kier alpha value is -1.36. The molecule has 1 amide bonds. The van der Waals surface area contributed by atoms with Crippen LogP contribution in [-0.2, 0) is 7.05 Å². The van der Waals surface area contributed by atoms with Crippen LogP contribution in [0.2, 0.25) is 0 Å². The molecular formula is C8H14N4O. The number of hydrogen-bond acceptors (Lipinski definition) is 3. The van der Waals surface area contributed by atoms with Crippen LogP contribution in [0.4, 0.5) is 0 Å². The molecule has 3 N–H and O–H groups in total. The summed E-state index contributed by atoms with van der Waals surface area (Å²) in [6.45, 7) is 2.29. The summed E-state index contributed by atoms with van der Waals surface area (Å²) in [5.41, 5.74) is 5.92. The molecule has 13 heavy (non-hydrogen) atoms. The molecule has 1 atom stereocenters. The molecule has 0 saturated carbocycles. The Morgan fingerprint density at radius 2 is 2.54 bits per heavy atom. The van der Waals surface area contributed by atoms with Gasteiger partial charge >= 0.3 is 0 Å². The Morgan fingerprint density at radius 3 is 3.00 bits per heavy atom. The van der Waals surface area contributed by atoms with Crippen molar-refractivity contribution in [3.8, 4) is 0 Å². The molecule has 0 bridgehead atoms. The first-order valence-electron chi connectivity index (χ1n) is 4.14. The molecule has 0 spiro atoms. The van der Waals surface area contributed by atoms with E-state index in [4.69, 9.17) is 5.73 Å². The second kappa shape index (κ2) is 4.04. The van der Waals surface area contributed by atoms with Gasteiger partial charge in [-0.25, -0.2) is 0 Å². The van der Waals surface area contributed by atoms with Gasteiger partial charge in [-0.3, -0.25) is 9.48 Å². The van der Waals surface area contributed by atoms with E-state index in [-0.39, 0.29) is 11.9 Å². The van der Waals surface area contributed by atoms with Crippen LogP contribution in [0.5, 0.6) is 0 Å². The van der Waals surface area contributed by atoms with E-state index >= 15 is 0 Å². The Kier molecular flexibility index (Phi) is 3.02. The lowest BCUT2D eigenvalue weighted by atomic mass is 10.3. The van der Waals surface area contributed by atoms with E-state index in [9.17, 15) is 4.79 Å². The molecule has 1 aromatic rings. The summed E-state index contributed by atoms with van der Waals surface area (Å²) < 4.78 is 1.53. The minimum absolute atomic E-state index is 0.0117. The zero-order valence-electron chi connectivity index (χ0n) is 7.82. The lowest BCUT2D eigenvalue weighted by Crippen LogP contribution is -2.38. The maximum atomic E-state index is 11.5. The number of hydrogen-bond donors (Lipinski definition) is 2. The average molecular weight is 182 g/mol. The average Bonchev–Trinajstić information content (AvgIpc) is 2.51. The fraction of sp³-hybridized carbons (Fsp3) is 0.500. The highest BCUT2D eigenvalue weighted by atomic mass is 16.2. The van der Waals surface area contributed by atoms with Crippen LogP contribution < -0.4 is 11.1 Å². The molecule has 0 saturated heterocycles. The summed E-state index contributed by atoms with van der Waals surface area (Å²) in [7, 11) is 1.72. The molecule has 5 nitrogen and oxygen atoms in total. The molecule has 72 valence electrons. The van der Waals surface area contributed by atoms with Crippen LogP contribution in [0.3, 0.4) is 0 Å². The molecule has 0 aliphatic rings. The van der Waals surface area contributed by atoms with Gasteiger partial charge in [-0.05, 0) is 13.0 Å². The smallest absolute Gasteiger partial charge is 0.269 e. The molecule has 0 aliphatic heterocycles. The largest absolute Gasteiger partial charge is 0.347 e. The quantitative estimate of drug-likeness (QED) is 0.661. The number of nitrogens with two attached hydrogens (primary N) is 1. The third-order valence-electron chi connectivity index (χ3n) is 1.78. The first-order valence-corrected chi connectivity index (χ1v) is 4.14. The Bertz CT molecular complexity index is 294. The summed E-state index contributed by atoms with van der Waals surface area (Å²) >= 11 is 0. The van der Waals surface area contributed by atoms with Gasteiger partial charge in [-0.15, -0.1) is 0 Å². The third kappa shape index (κ3) is 2.29. The van der Waals surface area contributed by atoms with E-state index in [1.807, 2.05) is 6.92 Å². The summed E-state index contributed by atoms with van der Waals surface area (Å²) in [6, 6.07) is 1.65. The monoisotopic (exact) mass is 182 g/mol. The minimum atomic E-state index is -0.141. The standard InChI is InChI=1S/C8H14N4O/c1-6(5-9)11-8(13)7-3-4-10-12(7)2/h3-4,6H,5,9H2,1-2H3,(H,11,13)/t6-/m1/s1. The van der Waals surface area contributed by atoms with Gasteiger partial charge in [-0.1, -0.05) is 0 Å². The third-order valence-corrected chi connectivity index (χ3v) is 1.78. The highest BCUT2D eigenvalue weighted by molar-refractivity contribution is 5.92. The minimum Gasteiger partial charge on any atom is -0.347 e. The van der Waals surface area contributed by atoms with Gasteiger partial charge in [0.15, 0.2) is 0 Å². The summed E-state index contributed by atoms with van der Waals surface area (Å²) in [6.07, 6.45) is 1.59. The fourth-order valence-corrected chi connectivity index (χ4v) is 0.953. The lowest BCUT2D eigenvalue weighted by molar-refractivity contribution is 0.0932. The van der Waals surface area contributed by atoms with Crippen LogP contribution in [0.15, 0.2) is 12.3 Å². The second-order valence-electron chi connectivity index (χ2n) is 2.95. The van der Waals surface area contributed by atoms with Crippen LogP contribution in [0, 0.1) is 0 Å². The molecule has 1 aromatic heterocycles. The van der Waals surface area contributed by atoms with Crippen molar-refractivity contribution in [1.82, 2.24) is 15.1 Å². The number of nitrogens with one attached hydrogen (secondary N) is 1. The number of carbonyl (C=O) groups is 1. The lowest BCUT2D eigenvalue weighted by Gasteiger charge is -2.10. The molecule has 1 rings (SSSR count). The molecule has 0 unspecified atom stereocenters. The number of amides is 1. The Balaban J connectivity index is 2.64. The van der Waals surface area contributed by atoms with E-state index in [1.54, 1.807) is 19.3 Å². The molecule has 0 aliphatic carbocycles. The maximum absolute atomic E-state index is 11.5. The zero-order valence-corrected chi connectivity index (χ0v) is 7.82. The van der Waals surface area contributed by atoms with Crippen molar-refractivity contribution in [3.05, 3.63) is 18.0 Å². The number of aromatic nitrogens is 2. The SMILES string of the molecule is C[C@H](CN)NC(=O)c1ccnn1C. The van der Waals surface area contributed by atoms with E-state index in [1.165, 1.54) is 4.68 Å². The van der Waals surface area contributed by atoms with Crippen LogP contribution in [0.25, 0.3) is 0 Å². The van der Waals surface area contributed by atoms with Crippen molar-refractivity contribution >= 4 is 5.91 Å². The van der Waals surface area contributed by atoms with Crippen LogP contribution in [0.1, 0.15) is 17.4 Å². The summed E-state index contributed by atoms with van der Waals surface area (Å²) in [4.78, 5) is 11.5. The maximum Gasteiger partial charge on any atom is 0.269 e. The van der Waals surface area contributed by atoms with Gasteiger partial charge in [0.1, 0.15) is 5.69 Å². The van der Waals surface area contributed by atoms with Crippen molar-refractivity contribution in [2.75, 3.05) is 6.54 Å². The normalized spacial score (nSPS) is 12.5.